The zero-order valence-electron chi connectivity index (χ0n) is 28.6. The number of rotatable bonds is 8. The summed E-state index contributed by atoms with van der Waals surface area (Å²) in [7, 11) is 0. The van der Waals surface area contributed by atoms with Crippen molar-refractivity contribution in [2.45, 2.75) is 106 Å². The first kappa shape index (κ1) is 32.0. The molecule has 0 radical (unpaired) electrons. The molecule has 0 aromatic heterocycles. The normalized spacial score (nSPS) is 42.3. The summed E-state index contributed by atoms with van der Waals surface area (Å²) in [5.41, 5.74) is 11.7. The molecule has 4 saturated carbocycles. The molecule has 4 fully saturated rings. The van der Waals surface area contributed by atoms with E-state index in [1.807, 2.05) is 12.1 Å². The van der Waals surface area contributed by atoms with Crippen LogP contribution in [0.25, 0.3) is 5.57 Å². The van der Waals surface area contributed by atoms with Crippen LogP contribution in [-0.4, -0.2) is 30.7 Å². The molecule has 0 heterocycles. The van der Waals surface area contributed by atoms with Gasteiger partial charge in [-0.25, -0.2) is 4.79 Å². The summed E-state index contributed by atoms with van der Waals surface area (Å²) in [4.78, 5) is 11.5. The van der Waals surface area contributed by atoms with E-state index < -0.39 is 5.97 Å². The predicted molar refractivity (Wildman–Crippen MR) is 182 cm³/mol. The molecule has 5 aliphatic carbocycles. The van der Waals surface area contributed by atoms with E-state index in [-0.39, 0.29) is 10.8 Å². The molecule has 0 amide bonds. The molecule has 9 unspecified atom stereocenters. The average Bonchev–Trinajstić information content (AvgIpc) is 3.36. The van der Waals surface area contributed by atoms with Crippen LogP contribution in [0, 0.1) is 56.7 Å². The number of fused-ring (bicyclic) bond motifs is 7. The molecule has 0 bridgehead atoms. The van der Waals surface area contributed by atoms with E-state index in [4.69, 9.17) is 5.73 Å². The van der Waals surface area contributed by atoms with Crippen LogP contribution in [0.1, 0.15) is 122 Å². The highest BCUT2D eigenvalue weighted by atomic mass is 16.4. The molecule has 1 aromatic rings. The largest absolute Gasteiger partial charge is 0.478 e. The maximum atomic E-state index is 11.5. The lowest BCUT2D eigenvalue weighted by molar-refractivity contribution is -0.225. The van der Waals surface area contributed by atoms with Crippen LogP contribution in [0.15, 0.2) is 42.5 Å². The van der Waals surface area contributed by atoms with Crippen molar-refractivity contribution in [1.82, 2.24) is 5.32 Å². The van der Waals surface area contributed by atoms with E-state index in [0.717, 1.165) is 50.2 Å². The second-order valence-electron chi connectivity index (χ2n) is 17.3. The number of aromatic carboxylic acids is 1. The Kier molecular flexibility index (Phi) is 8.09. The molecule has 6 rings (SSSR count). The summed E-state index contributed by atoms with van der Waals surface area (Å²) < 4.78 is 0. The van der Waals surface area contributed by atoms with E-state index in [0.29, 0.717) is 33.6 Å². The van der Waals surface area contributed by atoms with Crippen LogP contribution in [0.2, 0.25) is 0 Å². The van der Waals surface area contributed by atoms with Crippen molar-refractivity contribution in [3.63, 3.8) is 0 Å². The fourth-order valence-electron chi connectivity index (χ4n) is 13.0. The Morgan fingerprint density at radius 3 is 2.34 bits per heavy atom. The molecule has 0 saturated heterocycles. The van der Waals surface area contributed by atoms with Crippen molar-refractivity contribution in [2.75, 3.05) is 19.6 Å². The number of allylic oxidation sites excluding steroid dienone is 3. The SMILES string of the molecule is C=C(C)C1CCC2(CNCCCN)CCC3(C)C(CCC4C5(C)CC=C(c6ccc(C(=O)O)cc6)C(C)(C)C5CCC43C)C12. The Morgan fingerprint density at radius 1 is 0.955 bits per heavy atom. The van der Waals surface area contributed by atoms with Gasteiger partial charge in [0, 0.05) is 6.54 Å². The van der Waals surface area contributed by atoms with Crippen molar-refractivity contribution in [1.29, 1.82) is 0 Å². The quantitative estimate of drug-likeness (QED) is 0.206. The van der Waals surface area contributed by atoms with Gasteiger partial charge in [-0.1, -0.05) is 65.0 Å². The molecule has 0 aliphatic heterocycles. The minimum atomic E-state index is -0.855. The highest BCUT2D eigenvalue weighted by Gasteiger charge is 2.70. The number of hydrogen-bond acceptors (Lipinski definition) is 3. The predicted octanol–water partition coefficient (Wildman–Crippen LogP) is 8.97. The molecule has 4 heteroatoms. The Morgan fingerprint density at radius 2 is 1.68 bits per heavy atom. The van der Waals surface area contributed by atoms with E-state index in [2.05, 4.69) is 59.5 Å². The molecule has 1 aromatic carbocycles. The number of nitrogens with one attached hydrogen (secondary N) is 1. The summed E-state index contributed by atoms with van der Waals surface area (Å²) >= 11 is 0. The lowest BCUT2D eigenvalue weighted by atomic mass is 9.32. The van der Waals surface area contributed by atoms with Crippen molar-refractivity contribution in [3.05, 3.63) is 53.6 Å². The molecular weight excluding hydrogens is 540 g/mol. The fraction of sp³-hybridized carbons (Fsp3) is 0.725. The molecular formula is C40H60N2O2. The Labute approximate surface area is 267 Å². The summed E-state index contributed by atoms with van der Waals surface area (Å²) in [6, 6.07) is 7.64. The van der Waals surface area contributed by atoms with Gasteiger partial charge in [-0.3, -0.25) is 0 Å². The zero-order chi connectivity index (χ0) is 31.7. The minimum Gasteiger partial charge on any atom is -0.478 e. The summed E-state index contributed by atoms with van der Waals surface area (Å²) in [5, 5.41) is 13.3. The number of hydrogen-bond donors (Lipinski definition) is 3. The van der Waals surface area contributed by atoms with Gasteiger partial charge in [0.25, 0.3) is 0 Å². The van der Waals surface area contributed by atoms with Gasteiger partial charge in [-0.15, -0.1) is 0 Å². The summed E-state index contributed by atoms with van der Waals surface area (Å²) in [6.07, 6.45) is 15.5. The Bertz CT molecular complexity index is 1310. The first-order valence-corrected chi connectivity index (χ1v) is 17.9. The molecule has 5 aliphatic rings. The first-order chi connectivity index (χ1) is 20.7. The third-order valence-electron chi connectivity index (χ3n) is 15.3. The van der Waals surface area contributed by atoms with Crippen molar-refractivity contribution in [2.24, 2.45) is 62.4 Å². The highest BCUT2D eigenvalue weighted by Crippen LogP contribution is 2.77. The van der Waals surface area contributed by atoms with Crippen LogP contribution in [0.3, 0.4) is 0 Å². The Hall–Kier alpha value is -1.91. The average molecular weight is 601 g/mol. The van der Waals surface area contributed by atoms with Crippen LogP contribution in [0.4, 0.5) is 0 Å². The standard InChI is InChI=1S/C40H60N2O2/c1-26(2)29-15-20-40(25-42-24-8-23-41)22-21-38(6)31(34(29)40)13-14-33-37(5)18-16-30(27-9-11-28(12-10-27)35(43)44)36(3,4)32(37)17-19-39(33,38)7/h9-12,16,29,31-34,42H,1,8,13-15,17-25,41H2,2-7H3,(H,43,44). The lowest BCUT2D eigenvalue weighted by Crippen LogP contribution is -2.65. The van der Waals surface area contributed by atoms with Crippen LogP contribution in [0.5, 0.6) is 0 Å². The summed E-state index contributed by atoms with van der Waals surface area (Å²) in [6.45, 7) is 23.0. The molecule has 4 N–H and O–H groups in total. The molecule has 44 heavy (non-hydrogen) atoms. The molecule has 0 spiro atoms. The van der Waals surface area contributed by atoms with E-state index >= 15 is 0 Å². The first-order valence-electron chi connectivity index (χ1n) is 17.9. The lowest BCUT2D eigenvalue weighted by Gasteiger charge is -2.72. The number of carbonyl (C=O) groups is 1. The monoisotopic (exact) mass is 600 g/mol. The maximum Gasteiger partial charge on any atom is 0.335 e. The maximum absolute atomic E-state index is 11.5. The highest BCUT2D eigenvalue weighted by molar-refractivity contribution is 5.88. The molecule has 242 valence electrons. The van der Waals surface area contributed by atoms with Crippen molar-refractivity contribution in [3.8, 4) is 0 Å². The van der Waals surface area contributed by atoms with Gasteiger partial charge in [0.05, 0.1) is 5.56 Å². The van der Waals surface area contributed by atoms with E-state index in [1.54, 1.807) is 12.1 Å². The minimum absolute atomic E-state index is 0.0459. The number of carboxylic acids is 1. The van der Waals surface area contributed by atoms with Gasteiger partial charge in [0.1, 0.15) is 0 Å². The third kappa shape index (κ3) is 4.55. The second kappa shape index (κ2) is 11.1. The van der Waals surface area contributed by atoms with Gasteiger partial charge >= 0.3 is 5.97 Å². The zero-order valence-corrected chi connectivity index (χ0v) is 28.6. The van der Waals surface area contributed by atoms with Crippen molar-refractivity contribution < 1.29 is 9.90 Å². The summed E-state index contributed by atoms with van der Waals surface area (Å²) in [5.74, 6) is 2.67. The van der Waals surface area contributed by atoms with E-state index in [9.17, 15) is 9.90 Å². The van der Waals surface area contributed by atoms with Gasteiger partial charge in [0.2, 0.25) is 0 Å². The fourth-order valence-corrected chi connectivity index (χ4v) is 13.0. The molecule has 4 nitrogen and oxygen atoms in total. The van der Waals surface area contributed by atoms with Crippen molar-refractivity contribution >= 4 is 11.5 Å². The topological polar surface area (TPSA) is 75.3 Å². The van der Waals surface area contributed by atoms with Crippen LogP contribution in [-0.2, 0) is 0 Å². The van der Waals surface area contributed by atoms with Gasteiger partial charge in [-0.05, 0) is 164 Å². The van der Waals surface area contributed by atoms with E-state index in [1.165, 1.54) is 68.1 Å². The second-order valence-corrected chi connectivity index (χ2v) is 17.3. The smallest absolute Gasteiger partial charge is 0.335 e. The third-order valence-corrected chi connectivity index (χ3v) is 15.3. The van der Waals surface area contributed by atoms with Crippen LogP contribution >= 0.6 is 0 Å². The number of benzene rings is 1. The number of nitrogens with two attached hydrogens (primary N) is 1. The van der Waals surface area contributed by atoms with Gasteiger partial charge < -0.3 is 16.2 Å². The van der Waals surface area contributed by atoms with Gasteiger partial charge in [-0.2, -0.15) is 0 Å². The van der Waals surface area contributed by atoms with Crippen LogP contribution < -0.4 is 11.1 Å². The number of carboxylic acid groups (broad SMARTS) is 1. The van der Waals surface area contributed by atoms with Gasteiger partial charge in [0.15, 0.2) is 0 Å². The molecule has 9 atom stereocenters. The Balaban J connectivity index is 1.32.